The minimum absolute atomic E-state index is 0.0473. The van der Waals surface area contributed by atoms with Gasteiger partial charge in [0.1, 0.15) is 43.2 Å². The number of carbonyl (C=O) groups is 2. The molecule has 4 unspecified atom stereocenters. The third-order valence-electron chi connectivity index (χ3n) is 10.3. The molecule has 1 aliphatic rings. The fourth-order valence-corrected chi connectivity index (χ4v) is 7.44. The van der Waals surface area contributed by atoms with Crippen LogP contribution in [0.5, 0.6) is 0 Å². The number of aliphatic hydroxyl groups excluding tert-OH is 6. The molecule has 0 aromatic rings. The average molecular weight is 925 g/mol. The van der Waals surface area contributed by atoms with Crippen LogP contribution in [0.1, 0.15) is 149 Å². The second-order valence-electron chi connectivity index (χ2n) is 16.1. The molecule has 0 spiro atoms. The van der Waals surface area contributed by atoms with Crippen molar-refractivity contribution in [2.75, 3.05) is 13.2 Å². The number of esters is 2. The Hall–Kier alpha value is -3.01. The molecule has 0 heterocycles. The van der Waals surface area contributed by atoms with Crippen molar-refractivity contribution in [2.24, 2.45) is 0 Å². The summed E-state index contributed by atoms with van der Waals surface area (Å²) in [5, 5.41) is 60.5. The summed E-state index contributed by atoms with van der Waals surface area (Å²) in [7, 11) is -5.19. The first-order valence-electron chi connectivity index (χ1n) is 23.5. The summed E-state index contributed by atoms with van der Waals surface area (Å²) in [4.78, 5) is 35.7. The largest absolute Gasteiger partial charge is 0.472 e. The molecule has 1 aliphatic carbocycles. The van der Waals surface area contributed by atoms with Gasteiger partial charge in [0.25, 0.3) is 0 Å². The van der Waals surface area contributed by atoms with Crippen molar-refractivity contribution in [1.29, 1.82) is 0 Å². The Morgan fingerprint density at radius 1 is 0.562 bits per heavy atom. The van der Waals surface area contributed by atoms with Gasteiger partial charge in [-0.25, -0.2) is 4.57 Å². The molecule has 0 radical (unpaired) electrons. The minimum atomic E-state index is -5.19. The van der Waals surface area contributed by atoms with Crippen molar-refractivity contribution in [1.82, 2.24) is 0 Å². The molecule has 366 valence electrons. The Balaban J connectivity index is 2.59. The topological polar surface area (TPSA) is 230 Å². The fraction of sp³-hybridized carbons (Fsp3) is 0.673. The lowest BCUT2D eigenvalue weighted by Crippen LogP contribution is -2.64. The second-order valence-corrected chi connectivity index (χ2v) is 17.5. The summed E-state index contributed by atoms with van der Waals surface area (Å²) < 4.78 is 33.3. The van der Waals surface area contributed by atoms with Gasteiger partial charge in [-0.15, -0.1) is 0 Å². The predicted molar refractivity (Wildman–Crippen MR) is 250 cm³/mol. The molecule has 1 saturated carbocycles. The zero-order valence-corrected chi connectivity index (χ0v) is 39.3. The van der Waals surface area contributed by atoms with Crippen LogP contribution in [0.15, 0.2) is 85.1 Å². The molecule has 14 nitrogen and oxygen atoms in total. The Morgan fingerprint density at radius 2 is 1.03 bits per heavy atom. The third kappa shape index (κ3) is 30.2. The highest BCUT2D eigenvalue weighted by Gasteiger charge is 2.51. The smallest absolute Gasteiger partial charge is 0.462 e. The number of allylic oxidation sites excluding steroid dienone is 13. The van der Waals surface area contributed by atoms with Gasteiger partial charge in [0.15, 0.2) is 6.10 Å². The summed E-state index contributed by atoms with van der Waals surface area (Å²) in [6, 6.07) is 0. The second kappa shape index (κ2) is 38.1. The fourth-order valence-electron chi connectivity index (χ4n) is 6.46. The van der Waals surface area contributed by atoms with Gasteiger partial charge < -0.3 is 45.0 Å². The lowest BCUT2D eigenvalue weighted by Gasteiger charge is -2.41. The highest BCUT2D eigenvalue weighted by atomic mass is 31.2. The van der Waals surface area contributed by atoms with E-state index in [4.69, 9.17) is 18.5 Å². The summed E-state index contributed by atoms with van der Waals surface area (Å²) >= 11 is 0. The van der Waals surface area contributed by atoms with Crippen LogP contribution in [0.25, 0.3) is 0 Å². The van der Waals surface area contributed by atoms with Gasteiger partial charge >= 0.3 is 19.8 Å². The first kappa shape index (κ1) is 59.0. The van der Waals surface area contributed by atoms with E-state index < -0.39 is 81.8 Å². The lowest BCUT2D eigenvalue weighted by atomic mass is 9.85. The number of carbonyl (C=O) groups excluding carboxylic acids is 2. The van der Waals surface area contributed by atoms with Crippen LogP contribution < -0.4 is 0 Å². The van der Waals surface area contributed by atoms with E-state index in [1.165, 1.54) is 57.8 Å². The number of hydrogen-bond donors (Lipinski definition) is 7. The van der Waals surface area contributed by atoms with Gasteiger partial charge in [0.2, 0.25) is 0 Å². The number of hydrogen-bond acceptors (Lipinski definition) is 13. The minimum Gasteiger partial charge on any atom is -0.462 e. The lowest BCUT2D eigenvalue weighted by molar-refractivity contribution is -0.220. The zero-order valence-electron chi connectivity index (χ0n) is 38.4. The van der Waals surface area contributed by atoms with Crippen molar-refractivity contribution < 1.29 is 68.2 Å². The van der Waals surface area contributed by atoms with E-state index in [9.17, 15) is 49.7 Å². The molecule has 1 rings (SSSR count). The Kier molecular flexibility index (Phi) is 35.2. The van der Waals surface area contributed by atoms with Gasteiger partial charge in [-0.1, -0.05) is 144 Å². The number of ether oxygens (including phenoxy) is 2. The number of phosphoric acid groups is 1. The maximum atomic E-state index is 12.8. The quantitative estimate of drug-likeness (QED) is 0.0102. The van der Waals surface area contributed by atoms with E-state index in [-0.39, 0.29) is 25.7 Å². The van der Waals surface area contributed by atoms with E-state index >= 15 is 0 Å². The van der Waals surface area contributed by atoms with Crippen LogP contribution in [0.4, 0.5) is 0 Å². The van der Waals surface area contributed by atoms with Crippen LogP contribution in [0, 0.1) is 0 Å². The molecule has 9 atom stereocenters. The number of aliphatic hydroxyl groups is 6. The molecule has 7 N–H and O–H groups in total. The Labute approximate surface area is 382 Å². The molecule has 1 fully saturated rings. The third-order valence-corrected chi connectivity index (χ3v) is 11.3. The molecule has 0 saturated heterocycles. The number of phosphoric ester groups is 1. The maximum absolute atomic E-state index is 12.8. The van der Waals surface area contributed by atoms with Crippen LogP contribution in [0.2, 0.25) is 0 Å². The van der Waals surface area contributed by atoms with Gasteiger partial charge in [0, 0.05) is 12.8 Å². The SMILES string of the molecule is CCCCC/C=C\C/C=C\C/C=C\C/C=C\CCCC(=O)OC[C@H](COP(=O)(O)OC1[C@H](O)[C@H](O)C(O)[C@H](O)[C@H]1O)OC(=O)CCCC(O)/C=C/C=C/C/C=C/CCCCCCCC. The van der Waals surface area contributed by atoms with Gasteiger partial charge in [-0.3, -0.25) is 18.6 Å². The summed E-state index contributed by atoms with van der Waals surface area (Å²) in [6.45, 7) is 3.04. The highest BCUT2D eigenvalue weighted by Crippen LogP contribution is 2.47. The molecule has 0 aliphatic heterocycles. The van der Waals surface area contributed by atoms with E-state index in [1.807, 2.05) is 24.3 Å². The Bertz CT molecular complexity index is 1460. The van der Waals surface area contributed by atoms with Crippen molar-refractivity contribution in [3.63, 3.8) is 0 Å². The normalized spacial score (nSPS) is 22.8. The molecule has 0 amide bonds. The molecule has 0 aromatic carbocycles. The van der Waals surface area contributed by atoms with Gasteiger partial charge in [0.05, 0.1) is 12.7 Å². The standard InChI is InChI=1S/C49H81O14P/c1-3-5-7-9-11-13-15-17-18-19-20-22-24-26-28-30-32-36-42(51)60-38-41(39-61-64(58,59)63-49-47(56)45(54)44(53)46(55)48(49)57)62-43(52)37-33-35-40(50)34-31-29-27-25-23-21-16-14-12-10-8-6-4-2/h11,13,17-18,20-23,26-29,31,34,40-41,44-50,53-57H,3-10,12,14-16,19,24-25,30,32-33,35-39H2,1-2H3,(H,58,59)/b13-11-,18-17-,22-20-,23-21+,28-26-,29-27+,34-31+/t40?,41-,44?,45-,46+,47-,48-,49?/m1/s1. The van der Waals surface area contributed by atoms with E-state index in [1.54, 1.807) is 12.2 Å². The number of unbranched alkanes of at least 4 members (excludes halogenated alkanes) is 10. The van der Waals surface area contributed by atoms with Crippen LogP contribution >= 0.6 is 7.82 Å². The summed E-state index contributed by atoms with van der Waals surface area (Å²) in [6.07, 6.45) is 32.3. The first-order valence-corrected chi connectivity index (χ1v) is 25.0. The van der Waals surface area contributed by atoms with Gasteiger partial charge in [-0.05, 0) is 77.0 Å². The van der Waals surface area contributed by atoms with Crippen molar-refractivity contribution in [2.45, 2.75) is 198 Å². The molecule has 0 bridgehead atoms. The molecular weight excluding hydrogens is 843 g/mol. The summed E-state index contributed by atoms with van der Waals surface area (Å²) in [5.74, 6) is -1.37. The monoisotopic (exact) mass is 925 g/mol. The number of rotatable bonds is 37. The average Bonchev–Trinajstić information content (AvgIpc) is 3.27. The molecule has 0 aromatic heterocycles. The van der Waals surface area contributed by atoms with E-state index in [2.05, 4.69) is 62.5 Å². The highest BCUT2D eigenvalue weighted by molar-refractivity contribution is 7.47. The van der Waals surface area contributed by atoms with E-state index in [0.717, 1.165) is 38.5 Å². The van der Waals surface area contributed by atoms with Crippen LogP contribution in [-0.2, 0) is 32.7 Å². The van der Waals surface area contributed by atoms with Crippen molar-refractivity contribution >= 4 is 19.8 Å². The van der Waals surface area contributed by atoms with E-state index in [0.29, 0.717) is 12.8 Å². The van der Waals surface area contributed by atoms with Crippen molar-refractivity contribution in [3.05, 3.63) is 85.1 Å². The zero-order chi connectivity index (χ0) is 47.3. The predicted octanol–water partition coefficient (Wildman–Crippen LogP) is 8.25. The van der Waals surface area contributed by atoms with Crippen molar-refractivity contribution in [3.8, 4) is 0 Å². The summed E-state index contributed by atoms with van der Waals surface area (Å²) in [5.41, 5.74) is 0. The van der Waals surface area contributed by atoms with Crippen LogP contribution in [-0.4, -0.2) is 110 Å². The molecule has 64 heavy (non-hydrogen) atoms. The van der Waals surface area contributed by atoms with Gasteiger partial charge in [-0.2, -0.15) is 0 Å². The van der Waals surface area contributed by atoms with Crippen LogP contribution in [0.3, 0.4) is 0 Å². The Morgan fingerprint density at radius 3 is 1.62 bits per heavy atom. The first-order chi connectivity index (χ1) is 30.8. The molecule has 15 heteroatoms. The molecular formula is C49H81O14P. The maximum Gasteiger partial charge on any atom is 0.472 e.